The zero-order valence-electron chi connectivity index (χ0n) is 10.6. The van der Waals surface area contributed by atoms with Gasteiger partial charge in [0.15, 0.2) is 0 Å². The number of hydrogen-bond donors (Lipinski definition) is 4. The Labute approximate surface area is 101 Å². The van der Waals surface area contributed by atoms with Crippen LogP contribution in [0.25, 0.3) is 0 Å². The smallest absolute Gasteiger partial charge is 0.328 e. The summed E-state index contributed by atoms with van der Waals surface area (Å²) in [4.78, 5) is 22.4. The van der Waals surface area contributed by atoms with E-state index in [2.05, 4.69) is 5.32 Å². The number of carboxylic acids is 1. The molecule has 0 aliphatic carbocycles. The third kappa shape index (κ3) is 6.23. The lowest BCUT2D eigenvalue weighted by molar-refractivity contribution is -0.143. The minimum Gasteiger partial charge on any atom is -0.480 e. The van der Waals surface area contributed by atoms with Gasteiger partial charge in [-0.1, -0.05) is 20.8 Å². The molecule has 0 fully saturated rings. The molecular formula is C11H22N2O4. The molecule has 0 aromatic carbocycles. The van der Waals surface area contributed by atoms with Crippen molar-refractivity contribution in [3.8, 4) is 0 Å². The number of carbonyl (C=O) groups is 2. The van der Waals surface area contributed by atoms with Crippen molar-refractivity contribution in [1.29, 1.82) is 0 Å². The molecule has 1 unspecified atom stereocenters. The zero-order valence-corrected chi connectivity index (χ0v) is 10.6. The van der Waals surface area contributed by atoms with Crippen LogP contribution in [0.4, 0.5) is 0 Å². The number of carbonyl (C=O) groups excluding carboxylic acids is 1. The largest absolute Gasteiger partial charge is 0.480 e. The summed E-state index contributed by atoms with van der Waals surface area (Å²) in [5.74, 6) is -2.13. The van der Waals surface area contributed by atoms with Gasteiger partial charge in [0.05, 0.1) is 12.5 Å². The van der Waals surface area contributed by atoms with E-state index in [9.17, 15) is 9.59 Å². The highest BCUT2D eigenvalue weighted by molar-refractivity contribution is 5.85. The first-order valence-electron chi connectivity index (χ1n) is 5.55. The molecule has 0 bridgehead atoms. The quantitative estimate of drug-likeness (QED) is 0.507. The van der Waals surface area contributed by atoms with E-state index in [-0.39, 0.29) is 12.0 Å². The molecule has 0 spiro atoms. The van der Waals surface area contributed by atoms with Crippen molar-refractivity contribution >= 4 is 11.9 Å². The van der Waals surface area contributed by atoms with Gasteiger partial charge in [-0.25, -0.2) is 4.79 Å². The Morgan fingerprint density at radius 2 is 1.88 bits per heavy atom. The number of nitrogens with one attached hydrogen (secondary N) is 1. The molecule has 0 saturated heterocycles. The molecule has 100 valence electrons. The van der Waals surface area contributed by atoms with Gasteiger partial charge >= 0.3 is 5.97 Å². The molecule has 0 rings (SSSR count). The minimum atomic E-state index is -1.27. The van der Waals surface area contributed by atoms with Crippen LogP contribution in [-0.2, 0) is 9.59 Å². The molecule has 0 heterocycles. The number of aliphatic carboxylic acids is 1. The van der Waals surface area contributed by atoms with Crippen LogP contribution in [0.1, 0.15) is 27.2 Å². The van der Waals surface area contributed by atoms with Crippen LogP contribution in [0.15, 0.2) is 0 Å². The van der Waals surface area contributed by atoms with Crippen molar-refractivity contribution < 1.29 is 19.8 Å². The van der Waals surface area contributed by atoms with E-state index in [1.807, 2.05) is 20.8 Å². The first kappa shape index (κ1) is 15.9. The summed E-state index contributed by atoms with van der Waals surface area (Å²) >= 11 is 0. The van der Waals surface area contributed by atoms with Gasteiger partial charge in [0.25, 0.3) is 0 Å². The molecule has 17 heavy (non-hydrogen) atoms. The molecule has 0 aromatic rings. The van der Waals surface area contributed by atoms with Crippen LogP contribution >= 0.6 is 0 Å². The molecule has 6 nitrogen and oxygen atoms in total. The lowest BCUT2D eigenvalue weighted by atomic mass is 9.84. The van der Waals surface area contributed by atoms with E-state index in [1.54, 1.807) is 0 Å². The standard InChI is InChI=1S/C11H22N2O4/c1-11(2,3)4-7(5-12)9(15)13-8(6-14)10(16)17/h7-8,14H,4-6,12H2,1-3H3,(H,13,15)(H,16,17)/t7?,8-/m0/s1. The van der Waals surface area contributed by atoms with E-state index in [0.717, 1.165) is 0 Å². The lowest BCUT2D eigenvalue weighted by Crippen LogP contribution is -2.47. The fourth-order valence-corrected chi connectivity index (χ4v) is 1.50. The third-order valence-electron chi connectivity index (χ3n) is 2.31. The summed E-state index contributed by atoms with van der Waals surface area (Å²) in [5.41, 5.74) is 5.43. The van der Waals surface area contributed by atoms with Crippen LogP contribution < -0.4 is 11.1 Å². The van der Waals surface area contributed by atoms with Gasteiger partial charge in [0.1, 0.15) is 6.04 Å². The van der Waals surface area contributed by atoms with Gasteiger partial charge in [0, 0.05) is 6.54 Å². The van der Waals surface area contributed by atoms with Gasteiger partial charge < -0.3 is 21.3 Å². The van der Waals surface area contributed by atoms with Gasteiger partial charge in [-0.15, -0.1) is 0 Å². The molecule has 0 saturated carbocycles. The maximum absolute atomic E-state index is 11.8. The SMILES string of the molecule is CC(C)(C)CC(CN)C(=O)N[C@@H](CO)C(=O)O. The summed E-state index contributed by atoms with van der Waals surface area (Å²) in [7, 11) is 0. The predicted molar refractivity (Wildman–Crippen MR) is 63.3 cm³/mol. The first-order chi connectivity index (χ1) is 7.71. The Morgan fingerprint density at radius 3 is 2.18 bits per heavy atom. The Kier molecular flexibility index (Phi) is 6.12. The minimum absolute atomic E-state index is 0.0701. The number of rotatable bonds is 6. The number of aliphatic hydroxyl groups excluding tert-OH is 1. The van der Waals surface area contributed by atoms with Crippen LogP contribution in [-0.4, -0.2) is 41.3 Å². The highest BCUT2D eigenvalue weighted by atomic mass is 16.4. The van der Waals surface area contributed by atoms with Crippen molar-refractivity contribution in [2.45, 2.75) is 33.2 Å². The average molecular weight is 246 g/mol. The van der Waals surface area contributed by atoms with E-state index in [0.29, 0.717) is 6.42 Å². The van der Waals surface area contributed by atoms with E-state index < -0.39 is 30.4 Å². The summed E-state index contributed by atoms with van der Waals surface area (Å²) in [5, 5.41) is 19.8. The second-order valence-corrected chi connectivity index (χ2v) is 5.28. The number of hydrogen-bond acceptors (Lipinski definition) is 4. The van der Waals surface area contributed by atoms with Gasteiger partial charge in [-0.05, 0) is 11.8 Å². The summed E-state index contributed by atoms with van der Waals surface area (Å²) in [6.07, 6.45) is 0.563. The molecule has 5 N–H and O–H groups in total. The number of carboxylic acid groups (broad SMARTS) is 1. The van der Waals surface area contributed by atoms with Crippen LogP contribution in [0.5, 0.6) is 0 Å². The summed E-state index contributed by atoms with van der Waals surface area (Å²) < 4.78 is 0. The van der Waals surface area contributed by atoms with Crippen LogP contribution in [0.3, 0.4) is 0 Å². The predicted octanol–water partition coefficient (Wildman–Crippen LogP) is -0.441. The third-order valence-corrected chi connectivity index (χ3v) is 2.31. The monoisotopic (exact) mass is 246 g/mol. The topological polar surface area (TPSA) is 113 Å². The normalized spacial score (nSPS) is 15.1. The highest BCUT2D eigenvalue weighted by Crippen LogP contribution is 2.24. The van der Waals surface area contributed by atoms with Crippen molar-refractivity contribution in [3.63, 3.8) is 0 Å². The summed E-state index contributed by atoms with van der Waals surface area (Å²) in [6.45, 7) is 5.45. The van der Waals surface area contributed by atoms with E-state index in [1.165, 1.54) is 0 Å². The molecule has 0 aliphatic rings. The van der Waals surface area contributed by atoms with Gasteiger partial charge in [-0.3, -0.25) is 4.79 Å². The average Bonchev–Trinajstić information content (AvgIpc) is 2.20. The maximum atomic E-state index is 11.8. The Bertz CT molecular complexity index is 273. The number of aliphatic hydroxyl groups is 1. The molecule has 1 amide bonds. The van der Waals surface area contributed by atoms with Crippen molar-refractivity contribution in [2.75, 3.05) is 13.2 Å². The molecule has 0 aliphatic heterocycles. The van der Waals surface area contributed by atoms with Crippen molar-refractivity contribution in [2.24, 2.45) is 17.1 Å². The summed E-state index contributed by atoms with van der Waals surface area (Å²) in [6, 6.07) is -1.27. The Morgan fingerprint density at radius 1 is 1.35 bits per heavy atom. The second-order valence-electron chi connectivity index (χ2n) is 5.28. The number of amides is 1. The van der Waals surface area contributed by atoms with Crippen molar-refractivity contribution in [1.82, 2.24) is 5.32 Å². The molecule has 6 heteroatoms. The van der Waals surface area contributed by atoms with E-state index >= 15 is 0 Å². The fraction of sp³-hybridized carbons (Fsp3) is 0.818. The lowest BCUT2D eigenvalue weighted by Gasteiger charge is -2.25. The highest BCUT2D eigenvalue weighted by Gasteiger charge is 2.27. The van der Waals surface area contributed by atoms with E-state index in [4.69, 9.17) is 15.9 Å². The second kappa shape index (κ2) is 6.56. The maximum Gasteiger partial charge on any atom is 0.328 e. The molecule has 2 atom stereocenters. The van der Waals surface area contributed by atoms with Gasteiger partial charge in [0.2, 0.25) is 5.91 Å². The first-order valence-corrected chi connectivity index (χ1v) is 5.55. The molecule has 0 radical (unpaired) electrons. The molecular weight excluding hydrogens is 224 g/mol. The zero-order chi connectivity index (χ0) is 13.6. The van der Waals surface area contributed by atoms with Gasteiger partial charge in [-0.2, -0.15) is 0 Å². The van der Waals surface area contributed by atoms with Crippen LogP contribution in [0, 0.1) is 11.3 Å². The van der Waals surface area contributed by atoms with Crippen LogP contribution in [0.2, 0.25) is 0 Å². The number of nitrogens with two attached hydrogens (primary N) is 1. The Balaban J connectivity index is 4.50. The van der Waals surface area contributed by atoms with Crippen molar-refractivity contribution in [3.05, 3.63) is 0 Å². The fourth-order valence-electron chi connectivity index (χ4n) is 1.50. The Hall–Kier alpha value is -1.14. The molecule has 0 aromatic heterocycles.